The van der Waals surface area contributed by atoms with E-state index in [1.54, 1.807) is 18.3 Å². The van der Waals surface area contributed by atoms with Gasteiger partial charge >= 0.3 is 5.97 Å². The average molecular weight is 384 g/mol. The molecule has 2 heterocycles. The lowest BCUT2D eigenvalue weighted by atomic mass is 10.0. The summed E-state index contributed by atoms with van der Waals surface area (Å²) in [6.45, 7) is 3.31. The summed E-state index contributed by atoms with van der Waals surface area (Å²) < 4.78 is 0. The fraction of sp³-hybridized carbons (Fsp3) is 0.350. The Morgan fingerprint density at radius 3 is 2.39 bits per heavy atom. The quantitative estimate of drug-likeness (QED) is 0.623. The van der Waals surface area contributed by atoms with Crippen molar-refractivity contribution < 1.29 is 19.8 Å². The molecule has 2 aromatic rings. The molecule has 1 aliphatic heterocycles. The van der Waals surface area contributed by atoms with Gasteiger partial charge in [0.1, 0.15) is 11.6 Å². The fourth-order valence-corrected chi connectivity index (χ4v) is 3.22. The third-order valence-electron chi connectivity index (χ3n) is 4.76. The van der Waals surface area contributed by atoms with Crippen LogP contribution in [0.15, 0.2) is 48.7 Å². The minimum Gasteiger partial charge on any atom is -0.508 e. The molecule has 1 aromatic heterocycles. The van der Waals surface area contributed by atoms with Gasteiger partial charge in [0.05, 0.1) is 5.92 Å². The van der Waals surface area contributed by atoms with Gasteiger partial charge in [-0.25, -0.2) is 4.98 Å². The van der Waals surface area contributed by atoms with Gasteiger partial charge < -0.3 is 20.4 Å². The van der Waals surface area contributed by atoms with E-state index in [4.69, 9.17) is 0 Å². The van der Waals surface area contributed by atoms with Crippen molar-refractivity contribution in [1.29, 1.82) is 0 Å². The summed E-state index contributed by atoms with van der Waals surface area (Å²) in [6, 6.07) is 11.8. The molecule has 1 aliphatic rings. The molecule has 0 radical (unpaired) electrons. The molecule has 8 heteroatoms. The number of carboxylic acids is 1. The summed E-state index contributed by atoms with van der Waals surface area (Å²) >= 11 is 0. The maximum Gasteiger partial charge on any atom is 0.308 e. The second-order valence-electron chi connectivity index (χ2n) is 6.81. The number of carbonyl (C=O) groups is 2. The van der Waals surface area contributed by atoms with Crippen LogP contribution in [0.3, 0.4) is 0 Å². The minimum atomic E-state index is -0.979. The first-order valence-electron chi connectivity index (χ1n) is 9.21. The number of hydrogen-bond donors (Lipinski definition) is 3. The van der Waals surface area contributed by atoms with Crippen molar-refractivity contribution in [2.75, 3.05) is 42.9 Å². The Hall–Kier alpha value is -3.13. The van der Waals surface area contributed by atoms with E-state index in [-0.39, 0.29) is 18.1 Å². The first kappa shape index (κ1) is 19.6. The number of nitrogens with zero attached hydrogens (tertiary/aromatic N) is 3. The Balaban J connectivity index is 1.50. The van der Waals surface area contributed by atoms with E-state index in [2.05, 4.69) is 20.1 Å². The van der Waals surface area contributed by atoms with Crippen molar-refractivity contribution in [2.24, 2.45) is 5.92 Å². The monoisotopic (exact) mass is 384 g/mol. The largest absolute Gasteiger partial charge is 0.508 e. The van der Waals surface area contributed by atoms with Crippen LogP contribution in [0.4, 0.5) is 11.5 Å². The smallest absolute Gasteiger partial charge is 0.308 e. The molecule has 1 amide bonds. The molecule has 0 saturated carbocycles. The first-order chi connectivity index (χ1) is 13.5. The number of aromatic nitrogens is 1. The summed E-state index contributed by atoms with van der Waals surface area (Å²) in [7, 11) is 0. The zero-order valence-corrected chi connectivity index (χ0v) is 15.5. The molecular formula is C20H24N4O4. The van der Waals surface area contributed by atoms with Gasteiger partial charge in [0.2, 0.25) is 5.91 Å². The number of anilines is 2. The number of carboxylic acid groups (broad SMARTS) is 1. The van der Waals surface area contributed by atoms with Gasteiger partial charge in [0.25, 0.3) is 0 Å². The molecule has 1 atom stereocenters. The Morgan fingerprint density at radius 2 is 1.79 bits per heavy atom. The average Bonchev–Trinajstić information content (AvgIpc) is 2.70. The molecular weight excluding hydrogens is 360 g/mol. The number of aromatic hydroxyl groups is 1. The van der Waals surface area contributed by atoms with E-state index in [1.165, 1.54) is 12.1 Å². The number of amides is 1. The molecule has 0 spiro atoms. The summed E-state index contributed by atoms with van der Waals surface area (Å²) in [6.07, 6.45) is 1.66. The lowest BCUT2D eigenvalue weighted by Crippen LogP contribution is -2.49. The van der Waals surface area contributed by atoms with Gasteiger partial charge in [-0.1, -0.05) is 6.07 Å². The molecule has 1 unspecified atom stereocenters. The molecule has 3 N–H and O–H groups in total. The number of phenols is 1. The number of nitrogens with one attached hydrogen (secondary N) is 1. The van der Waals surface area contributed by atoms with E-state index in [0.717, 1.165) is 32.0 Å². The molecule has 1 aromatic carbocycles. The van der Waals surface area contributed by atoms with Gasteiger partial charge in [-0.05, 0) is 36.4 Å². The second-order valence-corrected chi connectivity index (χ2v) is 6.81. The highest BCUT2D eigenvalue weighted by Crippen LogP contribution is 2.17. The van der Waals surface area contributed by atoms with Crippen LogP contribution >= 0.6 is 0 Å². The summed E-state index contributed by atoms with van der Waals surface area (Å²) in [5.74, 6) is -1.09. The number of hydrogen-bond acceptors (Lipinski definition) is 6. The number of phenolic OH excluding ortho intramolecular Hbond substituents is 1. The number of benzene rings is 1. The van der Waals surface area contributed by atoms with Crippen LogP contribution in [-0.4, -0.2) is 64.7 Å². The lowest BCUT2D eigenvalue weighted by Gasteiger charge is -2.36. The third kappa shape index (κ3) is 5.43. The number of pyridine rings is 1. The van der Waals surface area contributed by atoms with E-state index in [9.17, 15) is 19.8 Å². The summed E-state index contributed by atoms with van der Waals surface area (Å²) in [5.41, 5.74) is 0.524. The zero-order chi connectivity index (χ0) is 19.9. The number of piperazine rings is 1. The number of rotatable bonds is 7. The molecule has 0 aliphatic carbocycles. The minimum absolute atomic E-state index is 0.101. The van der Waals surface area contributed by atoms with Crippen molar-refractivity contribution in [2.45, 2.75) is 6.42 Å². The van der Waals surface area contributed by atoms with Crippen LogP contribution in [0.5, 0.6) is 5.75 Å². The van der Waals surface area contributed by atoms with Crippen LogP contribution in [-0.2, 0) is 9.59 Å². The predicted octanol–water partition coefficient (Wildman–Crippen LogP) is 1.64. The Morgan fingerprint density at radius 1 is 1.07 bits per heavy atom. The normalized spacial score (nSPS) is 15.8. The molecule has 3 rings (SSSR count). The van der Waals surface area contributed by atoms with Gasteiger partial charge in [-0.3, -0.25) is 14.5 Å². The van der Waals surface area contributed by atoms with Crippen LogP contribution < -0.4 is 10.2 Å². The Kier molecular flexibility index (Phi) is 6.44. The topological polar surface area (TPSA) is 106 Å². The van der Waals surface area contributed by atoms with Crippen LogP contribution in [0, 0.1) is 5.92 Å². The van der Waals surface area contributed by atoms with E-state index in [0.29, 0.717) is 12.2 Å². The SMILES string of the molecule is O=C(CC(CN1CCN(c2ccccn2)CC1)C(=O)O)Nc1ccc(O)cc1. The standard InChI is InChI=1S/C20H24N4O4/c25-17-6-4-16(5-7-17)22-19(26)13-15(20(27)28)14-23-9-11-24(12-10-23)18-3-1-2-8-21-18/h1-8,15,25H,9-14H2,(H,22,26)(H,27,28). The highest BCUT2D eigenvalue weighted by atomic mass is 16.4. The maximum atomic E-state index is 12.2. The molecule has 148 valence electrons. The van der Waals surface area contributed by atoms with Gasteiger partial charge in [0.15, 0.2) is 0 Å². The van der Waals surface area contributed by atoms with Crippen LogP contribution in [0.1, 0.15) is 6.42 Å². The van der Waals surface area contributed by atoms with Crippen molar-refractivity contribution in [1.82, 2.24) is 9.88 Å². The van der Waals surface area contributed by atoms with Crippen molar-refractivity contribution in [3.63, 3.8) is 0 Å². The van der Waals surface area contributed by atoms with E-state index < -0.39 is 11.9 Å². The molecule has 0 bridgehead atoms. The van der Waals surface area contributed by atoms with E-state index >= 15 is 0 Å². The third-order valence-corrected chi connectivity index (χ3v) is 4.76. The second kappa shape index (κ2) is 9.18. The Bertz CT molecular complexity index is 790. The number of carbonyl (C=O) groups excluding carboxylic acids is 1. The van der Waals surface area contributed by atoms with Gasteiger partial charge in [-0.2, -0.15) is 0 Å². The van der Waals surface area contributed by atoms with E-state index in [1.807, 2.05) is 18.2 Å². The first-order valence-corrected chi connectivity index (χ1v) is 9.21. The molecule has 8 nitrogen and oxygen atoms in total. The van der Waals surface area contributed by atoms with Crippen LogP contribution in [0.25, 0.3) is 0 Å². The molecule has 28 heavy (non-hydrogen) atoms. The maximum absolute atomic E-state index is 12.2. The van der Waals surface area contributed by atoms with Crippen LogP contribution in [0.2, 0.25) is 0 Å². The molecule has 1 fully saturated rings. The van der Waals surface area contributed by atoms with Crippen molar-refractivity contribution in [3.05, 3.63) is 48.7 Å². The summed E-state index contributed by atoms with van der Waals surface area (Å²) in [4.78, 5) is 32.4. The zero-order valence-electron chi connectivity index (χ0n) is 15.5. The van der Waals surface area contributed by atoms with Crippen molar-refractivity contribution in [3.8, 4) is 5.75 Å². The van der Waals surface area contributed by atoms with Gasteiger partial charge in [-0.15, -0.1) is 0 Å². The Labute approximate surface area is 163 Å². The van der Waals surface area contributed by atoms with Gasteiger partial charge in [0, 0.05) is 51.0 Å². The lowest BCUT2D eigenvalue weighted by molar-refractivity contribution is -0.144. The fourth-order valence-electron chi connectivity index (χ4n) is 3.22. The summed E-state index contributed by atoms with van der Waals surface area (Å²) in [5, 5.41) is 21.5. The number of aliphatic carboxylic acids is 1. The highest BCUT2D eigenvalue weighted by Gasteiger charge is 2.26. The predicted molar refractivity (Wildman–Crippen MR) is 105 cm³/mol. The van der Waals surface area contributed by atoms with Crippen molar-refractivity contribution >= 4 is 23.4 Å². The molecule has 1 saturated heterocycles. The highest BCUT2D eigenvalue weighted by molar-refractivity contribution is 5.93.